The highest BCUT2D eigenvalue weighted by Gasteiger charge is 2.15. The van der Waals surface area contributed by atoms with Crippen LogP contribution in [0, 0.1) is 6.92 Å². The van der Waals surface area contributed by atoms with Crippen molar-refractivity contribution in [2.45, 2.75) is 33.4 Å². The van der Waals surface area contributed by atoms with E-state index in [0.29, 0.717) is 10.7 Å². The number of carbonyl (C=O) groups excluding carboxylic acids is 1. The van der Waals surface area contributed by atoms with E-state index in [2.05, 4.69) is 46.2 Å². The molecular weight excluding hydrogens is 372 g/mol. The van der Waals surface area contributed by atoms with Gasteiger partial charge in [0.05, 0.1) is 12.4 Å². The smallest absolute Gasteiger partial charge is 0.275 e. The molecule has 0 aliphatic rings. The summed E-state index contributed by atoms with van der Waals surface area (Å²) in [5.41, 5.74) is 3.05. The maximum Gasteiger partial charge on any atom is 0.275 e. The summed E-state index contributed by atoms with van der Waals surface area (Å²) in [6.07, 6.45) is 3.16. The lowest BCUT2D eigenvalue weighted by Gasteiger charge is -2.27. The number of anilines is 2. The first-order valence-electron chi connectivity index (χ1n) is 9.14. The molecule has 5 nitrogen and oxygen atoms in total. The van der Waals surface area contributed by atoms with Crippen molar-refractivity contribution in [2.75, 3.05) is 10.2 Å². The van der Waals surface area contributed by atoms with Crippen molar-refractivity contribution >= 4 is 29.0 Å². The molecule has 0 atom stereocenters. The van der Waals surface area contributed by atoms with E-state index in [1.165, 1.54) is 11.8 Å². The molecule has 28 heavy (non-hydrogen) atoms. The maximum absolute atomic E-state index is 12.5. The second-order valence-corrected chi connectivity index (χ2v) is 7.32. The van der Waals surface area contributed by atoms with Gasteiger partial charge in [-0.15, -0.1) is 0 Å². The van der Waals surface area contributed by atoms with Crippen LogP contribution in [0.25, 0.3) is 0 Å². The van der Waals surface area contributed by atoms with Crippen molar-refractivity contribution < 1.29 is 4.79 Å². The van der Waals surface area contributed by atoms with Crippen LogP contribution in [0.3, 0.4) is 0 Å². The Morgan fingerprint density at radius 3 is 2.46 bits per heavy atom. The molecule has 0 bridgehead atoms. The summed E-state index contributed by atoms with van der Waals surface area (Å²) in [6.45, 7) is 6.83. The Labute approximate surface area is 170 Å². The molecule has 0 spiro atoms. The second-order valence-electron chi connectivity index (χ2n) is 6.88. The minimum absolute atomic E-state index is 0.242. The fraction of sp³-hybridized carbons (Fsp3) is 0.227. The van der Waals surface area contributed by atoms with Crippen LogP contribution in [-0.4, -0.2) is 21.9 Å². The standard InChI is InChI=1S/C22H23ClN4O/c1-15(2)27(14-17-7-5-4-6-8-17)21-13-24-20(12-25-21)22(28)26-19-10-9-18(23)11-16(19)3/h4-13,15H,14H2,1-3H3,(H,26,28). The zero-order valence-electron chi connectivity index (χ0n) is 16.2. The molecule has 1 amide bonds. The molecular formula is C22H23ClN4O. The summed E-state index contributed by atoms with van der Waals surface area (Å²) in [7, 11) is 0. The molecule has 1 aromatic heterocycles. The molecule has 0 saturated heterocycles. The van der Waals surface area contributed by atoms with Crippen LogP contribution in [0.5, 0.6) is 0 Å². The van der Waals surface area contributed by atoms with Crippen LogP contribution in [0.2, 0.25) is 5.02 Å². The highest BCUT2D eigenvalue weighted by atomic mass is 35.5. The van der Waals surface area contributed by atoms with Gasteiger partial charge in [0.25, 0.3) is 5.91 Å². The zero-order valence-corrected chi connectivity index (χ0v) is 16.9. The molecule has 6 heteroatoms. The average Bonchev–Trinajstić information content (AvgIpc) is 2.69. The van der Waals surface area contributed by atoms with Crippen LogP contribution >= 0.6 is 11.6 Å². The topological polar surface area (TPSA) is 58.1 Å². The van der Waals surface area contributed by atoms with E-state index in [-0.39, 0.29) is 17.6 Å². The van der Waals surface area contributed by atoms with E-state index in [4.69, 9.17) is 11.6 Å². The monoisotopic (exact) mass is 394 g/mol. The predicted octanol–water partition coefficient (Wildman–Crippen LogP) is 5.11. The Hall–Kier alpha value is -2.92. The maximum atomic E-state index is 12.5. The highest BCUT2D eigenvalue weighted by molar-refractivity contribution is 6.30. The number of nitrogens with zero attached hydrogens (tertiary/aromatic N) is 3. The van der Waals surface area contributed by atoms with Crippen molar-refractivity contribution in [2.24, 2.45) is 0 Å². The third-order valence-electron chi connectivity index (χ3n) is 4.42. The van der Waals surface area contributed by atoms with Crippen molar-refractivity contribution in [1.82, 2.24) is 9.97 Å². The van der Waals surface area contributed by atoms with Crippen LogP contribution in [0.1, 0.15) is 35.5 Å². The van der Waals surface area contributed by atoms with Crippen molar-refractivity contribution in [1.29, 1.82) is 0 Å². The van der Waals surface area contributed by atoms with Gasteiger partial charge in [-0.3, -0.25) is 4.79 Å². The molecule has 0 aliphatic carbocycles. The Balaban J connectivity index is 1.74. The number of hydrogen-bond acceptors (Lipinski definition) is 4. The molecule has 0 saturated carbocycles. The van der Waals surface area contributed by atoms with E-state index >= 15 is 0 Å². The minimum Gasteiger partial charge on any atom is -0.349 e. The number of hydrogen-bond donors (Lipinski definition) is 1. The van der Waals surface area contributed by atoms with Gasteiger partial charge in [0.15, 0.2) is 0 Å². The molecule has 1 N–H and O–H groups in total. The lowest BCUT2D eigenvalue weighted by molar-refractivity contribution is 0.102. The quantitative estimate of drug-likeness (QED) is 0.631. The summed E-state index contributed by atoms with van der Waals surface area (Å²) in [5.74, 6) is 0.432. The van der Waals surface area contributed by atoms with E-state index in [0.717, 1.165) is 17.9 Å². The van der Waals surface area contributed by atoms with Gasteiger partial charge in [-0.25, -0.2) is 9.97 Å². The summed E-state index contributed by atoms with van der Waals surface area (Å²) in [6, 6.07) is 15.8. The van der Waals surface area contributed by atoms with Gasteiger partial charge in [-0.05, 0) is 50.1 Å². The third kappa shape index (κ3) is 4.87. The first-order chi connectivity index (χ1) is 13.4. The van der Waals surface area contributed by atoms with Gasteiger partial charge in [-0.2, -0.15) is 0 Å². The van der Waals surface area contributed by atoms with Crippen LogP contribution in [0.4, 0.5) is 11.5 Å². The summed E-state index contributed by atoms with van der Waals surface area (Å²) in [4.78, 5) is 23.4. The Kier molecular flexibility index (Phi) is 6.26. The largest absolute Gasteiger partial charge is 0.349 e. The number of aryl methyl sites for hydroxylation is 1. The molecule has 0 aliphatic heterocycles. The first kappa shape index (κ1) is 19.8. The number of halogens is 1. The number of rotatable bonds is 6. The summed E-state index contributed by atoms with van der Waals surface area (Å²) in [5, 5.41) is 3.48. The fourth-order valence-corrected chi connectivity index (χ4v) is 3.08. The molecule has 0 unspecified atom stereocenters. The Morgan fingerprint density at radius 1 is 1.11 bits per heavy atom. The molecule has 3 aromatic rings. The highest BCUT2D eigenvalue weighted by Crippen LogP contribution is 2.21. The van der Waals surface area contributed by atoms with Gasteiger partial charge in [0, 0.05) is 23.3 Å². The van der Waals surface area contributed by atoms with Crippen molar-refractivity contribution in [3.05, 3.63) is 82.8 Å². The molecule has 2 aromatic carbocycles. The molecule has 0 radical (unpaired) electrons. The minimum atomic E-state index is -0.302. The van der Waals surface area contributed by atoms with Crippen LogP contribution < -0.4 is 10.2 Å². The molecule has 3 rings (SSSR count). The van der Waals surface area contributed by atoms with E-state index in [9.17, 15) is 4.79 Å². The van der Waals surface area contributed by atoms with Gasteiger partial charge in [-0.1, -0.05) is 41.9 Å². The third-order valence-corrected chi connectivity index (χ3v) is 4.66. The zero-order chi connectivity index (χ0) is 20.1. The Bertz CT molecular complexity index is 943. The van der Waals surface area contributed by atoms with E-state index in [1.807, 2.05) is 25.1 Å². The van der Waals surface area contributed by atoms with Gasteiger partial charge >= 0.3 is 0 Å². The van der Waals surface area contributed by atoms with Gasteiger partial charge in [0.2, 0.25) is 0 Å². The lowest BCUT2D eigenvalue weighted by atomic mass is 10.2. The number of benzene rings is 2. The Morgan fingerprint density at radius 2 is 1.86 bits per heavy atom. The van der Waals surface area contributed by atoms with Crippen molar-refractivity contribution in [3.63, 3.8) is 0 Å². The molecule has 144 valence electrons. The average molecular weight is 395 g/mol. The van der Waals surface area contributed by atoms with Crippen LogP contribution in [0.15, 0.2) is 60.9 Å². The summed E-state index contributed by atoms with van der Waals surface area (Å²) < 4.78 is 0. The molecule has 0 fully saturated rings. The summed E-state index contributed by atoms with van der Waals surface area (Å²) >= 11 is 5.96. The fourth-order valence-electron chi connectivity index (χ4n) is 2.85. The lowest BCUT2D eigenvalue weighted by Crippen LogP contribution is -2.31. The second kappa shape index (κ2) is 8.85. The SMILES string of the molecule is Cc1cc(Cl)ccc1NC(=O)c1cnc(N(Cc2ccccc2)C(C)C)cn1. The number of nitrogens with one attached hydrogen (secondary N) is 1. The van der Waals surface area contributed by atoms with Gasteiger partial charge in [0.1, 0.15) is 11.5 Å². The first-order valence-corrected chi connectivity index (χ1v) is 9.52. The van der Waals surface area contributed by atoms with Crippen molar-refractivity contribution in [3.8, 4) is 0 Å². The normalized spacial score (nSPS) is 10.8. The number of carbonyl (C=O) groups is 1. The number of aromatic nitrogens is 2. The van der Waals surface area contributed by atoms with E-state index < -0.39 is 0 Å². The molecule has 1 heterocycles. The predicted molar refractivity (Wildman–Crippen MR) is 114 cm³/mol. The van der Waals surface area contributed by atoms with E-state index in [1.54, 1.807) is 24.4 Å². The number of amides is 1. The van der Waals surface area contributed by atoms with Crippen LogP contribution in [-0.2, 0) is 6.54 Å². The van der Waals surface area contributed by atoms with Gasteiger partial charge < -0.3 is 10.2 Å².